The molecule has 6 nitrogen and oxygen atoms in total. The van der Waals surface area contributed by atoms with Crippen LogP contribution in [0.25, 0.3) is 0 Å². The first-order chi connectivity index (χ1) is 12.6. The summed E-state index contributed by atoms with van der Waals surface area (Å²) in [5.41, 5.74) is 7.21. The third-order valence-corrected chi connectivity index (χ3v) is 3.38. The van der Waals surface area contributed by atoms with E-state index in [1.807, 2.05) is 50.2 Å². The van der Waals surface area contributed by atoms with E-state index in [9.17, 15) is 0 Å². The van der Waals surface area contributed by atoms with Crippen molar-refractivity contribution in [1.29, 1.82) is 0 Å². The van der Waals surface area contributed by atoms with Crippen molar-refractivity contribution in [2.75, 3.05) is 45.0 Å². The van der Waals surface area contributed by atoms with E-state index in [-0.39, 0.29) is 6.29 Å². The molecule has 0 aliphatic carbocycles. The first-order valence-corrected chi connectivity index (χ1v) is 8.63. The van der Waals surface area contributed by atoms with Gasteiger partial charge in [0.25, 0.3) is 0 Å². The summed E-state index contributed by atoms with van der Waals surface area (Å²) >= 11 is 0. The second kappa shape index (κ2) is 12.9. The second-order valence-corrected chi connectivity index (χ2v) is 5.22. The molecule has 0 bridgehead atoms. The topological polar surface area (TPSA) is 75.0 Å². The summed E-state index contributed by atoms with van der Waals surface area (Å²) in [7, 11) is 3.29. The van der Waals surface area contributed by atoms with Crippen LogP contribution < -0.4 is 20.5 Å². The lowest BCUT2D eigenvalue weighted by Gasteiger charge is -2.18. The van der Waals surface area contributed by atoms with Crippen LogP contribution in [0.15, 0.2) is 48.5 Å². The number of ether oxygens (including phenoxy) is 4. The van der Waals surface area contributed by atoms with Crippen LogP contribution in [0, 0.1) is 0 Å². The van der Waals surface area contributed by atoms with Gasteiger partial charge in [-0.05, 0) is 62.4 Å². The third kappa shape index (κ3) is 8.60. The van der Waals surface area contributed by atoms with E-state index in [2.05, 4.69) is 5.32 Å². The van der Waals surface area contributed by atoms with E-state index < -0.39 is 0 Å². The number of nitrogens with two attached hydrogens (primary N) is 1. The first kappa shape index (κ1) is 21.6. The molecular formula is C20H30N2O4. The zero-order chi connectivity index (χ0) is 19.2. The number of nitrogen functional groups attached to an aromatic ring is 1. The Balaban J connectivity index is 0.000000314. The third-order valence-electron chi connectivity index (χ3n) is 3.38. The van der Waals surface area contributed by atoms with Crippen molar-refractivity contribution >= 4 is 11.4 Å². The van der Waals surface area contributed by atoms with Crippen molar-refractivity contribution in [1.82, 2.24) is 0 Å². The van der Waals surface area contributed by atoms with Crippen molar-refractivity contribution in [2.24, 2.45) is 0 Å². The summed E-state index contributed by atoms with van der Waals surface area (Å²) in [6, 6.07) is 15.0. The van der Waals surface area contributed by atoms with Gasteiger partial charge in [-0.2, -0.15) is 0 Å². The van der Waals surface area contributed by atoms with Gasteiger partial charge in [-0.15, -0.1) is 0 Å². The normalized spacial score (nSPS) is 10.0. The van der Waals surface area contributed by atoms with Crippen LogP contribution in [-0.2, 0) is 9.47 Å². The fraction of sp³-hybridized carbons (Fsp3) is 0.400. The molecule has 0 fully saturated rings. The Kier molecular flexibility index (Phi) is 10.7. The van der Waals surface area contributed by atoms with Gasteiger partial charge >= 0.3 is 0 Å². The smallest absolute Gasteiger partial charge is 0.174 e. The van der Waals surface area contributed by atoms with Crippen LogP contribution in [0.2, 0.25) is 0 Å². The summed E-state index contributed by atoms with van der Waals surface area (Å²) < 4.78 is 20.9. The Morgan fingerprint density at radius 1 is 0.808 bits per heavy atom. The molecule has 0 aliphatic heterocycles. The van der Waals surface area contributed by atoms with Crippen LogP contribution in [-0.4, -0.2) is 40.3 Å². The molecule has 0 unspecified atom stereocenters. The van der Waals surface area contributed by atoms with Gasteiger partial charge in [-0.1, -0.05) is 0 Å². The molecule has 2 aromatic carbocycles. The van der Waals surface area contributed by atoms with Crippen LogP contribution >= 0.6 is 0 Å². The SMILES string of the molecule is CCOC(CNc1ccc(OC)cc1)OCC.COc1ccc(N)cc1. The van der Waals surface area contributed by atoms with Gasteiger partial charge < -0.3 is 30.0 Å². The molecule has 0 aromatic heterocycles. The number of hydrogen-bond acceptors (Lipinski definition) is 6. The average molecular weight is 362 g/mol. The maximum Gasteiger partial charge on any atom is 0.174 e. The summed E-state index contributed by atoms with van der Waals surface area (Å²) in [5.74, 6) is 1.69. The largest absolute Gasteiger partial charge is 0.497 e. The molecule has 0 saturated heterocycles. The van der Waals surface area contributed by atoms with Crippen LogP contribution in [0.4, 0.5) is 11.4 Å². The number of methoxy groups -OCH3 is 2. The quantitative estimate of drug-likeness (QED) is 0.522. The second-order valence-electron chi connectivity index (χ2n) is 5.22. The van der Waals surface area contributed by atoms with Gasteiger partial charge in [0.15, 0.2) is 6.29 Å². The standard InChI is InChI=1S/C13H21NO3.C7H9NO/c1-4-16-13(17-5-2)10-14-11-6-8-12(15-3)9-7-11;1-9-7-4-2-6(8)3-5-7/h6-9,13-14H,4-5,10H2,1-3H3;2-5H,8H2,1H3. The first-order valence-electron chi connectivity index (χ1n) is 8.63. The van der Waals surface area contributed by atoms with Gasteiger partial charge in [0, 0.05) is 24.6 Å². The molecule has 0 heterocycles. The van der Waals surface area contributed by atoms with Crippen LogP contribution in [0.1, 0.15) is 13.8 Å². The lowest BCUT2D eigenvalue weighted by Crippen LogP contribution is -2.26. The molecule has 0 spiro atoms. The fourth-order valence-electron chi connectivity index (χ4n) is 2.05. The highest BCUT2D eigenvalue weighted by atomic mass is 16.7. The monoisotopic (exact) mass is 362 g/mol. The molecule has 0 saturated carbocycles. The van der Waals surface area contributed by atoms with Gasteiger partial charge in [0.2, 0.25) is 0 Å². The van der Waals surface area contributed by atoms with Crippen LogP contribution in [0.5, 0.6) is 11.5 Å². The highest BCUT2D eigenvalue weighted by molar-refractivity contribution is 5.46. The lowest BCUT2D eigenvalue weighted by molar-refractivity contribution is -0.126. The zero-order valence-corrected chi connectivity index (χ0v) is 16.0. The fourth-order valence-corrected chi connectivity index (χ4v) is 2.05. The summed E-state index contributed by atoms with van der Waals surface area (Å²) in [5, 5.41) is 3.26. The minimum atomic E-state index is -0.202. The van der Waals surface area contributed by atoms with Crippen molar-refractivity contribution < 1.29 is 18.9 Å². The van der Waals surface area contributed by atoms with Crippen molar-refractivity contribution in [3.05, 3.63) is 48.5 Å². The van der Waals surface area contributed by atoms with Crippen LogP contribution in [0.3, 0.4) is 0 Å². The van der Waals surface area contributed by atoms with Gasteiger partial charge in [0.05, 0.1) is 20.8 Å². The van der Waals surface area contributed by atoms with E-state index in [0.29, 0.717) is 19.8 Å². The number of rotatable bonds is 9. The molecule has 6 heteroatoms. The van der Waals surface area contributed by atoms with Crippen molar-refractivity contribution in [2.45, 2.75) is 20.1 Å². The minimum absolute atomic E-state index is 0.202. The van der Waals surface area contributed by atoms with E-state index in [1.165, 1.54) is 0 Å². The van der Waals surface area contributed by atoms with Gasteiger partial charge in [-0.25, -0.2) is 0 Å². The van der Waals surface area contributed by atoms with Crippen molar-refractivity contribution in [3.63, 3.8) is 0 Å². The highest BCUT2D eigenvalue weighted by Crippen LogP contribution is 2.15. The Morgan fingerprint density at radius 2 is 1.27 bits per heavy atom. The Labute approximate surface area is 156 Å². The Hall–Kier alpha value is -2.44. The van der Waals surface area contributed by atoms with E-state index in [0.717, 1.165) is 22.9 Å². The molecule has 0 amide bonds. The molecule has 0 atom stereocenters. The average Bonchev–Trinajstić information content (AvgIpc) is 2.68. The van der Waals surface area contributed by atoms with E-state index in [4.69, 9.17) is 24.7 Å². The molecule has 26 heavy (non-hydrogen) atoms. The Morgan fingerprint density at radius 3 is 1.69 bits per heavy atom. The molecule has 2 rings (SSSR count). The Bertz CT molecular complexity index is 582. The molecule has 0 radical (unpaired) electrons. The molecule has 0 aliphatic rings. The lowest BCUT2D eigenvalue weighted by atomic mass is 10.3. The van der Waals surface area contributed by atoms with E-state index >= 15 is 0 Å². The summed E-state index contributed by atoms with van der Waals surface area (Å²) in [6.07, 6.45) is -0.202. The summed E-state index contributed by atoms with van der Waals surface area (Å²) in [6.45, 7) is 5.84. The van der Waals surface area contributed by atoms with Gasteiger partial charge in [-0.3, -0.25) is 0 Å². The summed E-state index contributed by atoms with van der Waals surface area (Å²) in [4.78, 5) is 0. The van der Waals surface area contributed by atoms with Crippen molar-refractivity contribution in [3.8, 4) is 11.5 Å². The highest BCUT2D eigenvalue weighted by Gasteiger charge is 2.06. The number of hydrogen-bond donors (Lipinski definition) is 2. The number of anilines is 2. The van der Waals surface area contributed by atoms with E-state index in [1.54, 1.807) is 26.4 Å². The zero-order valence-electron chi connectivity index (χ0n) is 16.0. The maximum atomic E-state index is 5.44. The minimum Gasteiger partial charge on any atom is -0.497 e. The predicted octanol–water partition coefficient (Wildman–Crippen LogP) is 3.78. The molecule has 2 aromatic rings. The predicted molar refractivity (Wildman–Crippen MR) is 106 cm³/mol. The maximum absolute atomic E-state index is 5.44. The molecular weight excluding hydrogens is 332 g/mol. The molecule has 3 N–H and O–H groups in total. The number of benzene rings is 2. The molecule has 144 valence electrons. The number of nitrogens with one attached hydrogen (secondary N) is 1. The van der Waals surface area contributed by atoms with Gasteiger partial charge in [0.1, 0.15) is 11.5 Å².